The largest absolute Gasteiger partial charge is 0.344 e. The number of Topliss-reactive ketones (excluding diaryl/α,β-unsaturated/α-hetero) is 1. The van der Waals surface area contributed by atoms with Crippen LogP contribution >= 0.6 is 0 Å². The van der Waals surface area contributed by atoms with E-state index < -0.39 is 5.60 Å². The molecule has 0 aromatic rings. The molecule has 0 radical (unpaired) electrons. The molecule has 1 saturated heterocycles. The molecule has 0 spiro atoms. The molecule has 0 aromatic carbocycles. The summed E-state index contributed by atoms with van der Waals surface area (Å²) in [5, 5.41) is 0. The molecule has 0 N–H and O–H groups in total. The normalized spacial score (nSPS) is 36.1. The third-order valence-electron chi connectivity index (χ3n) is 3.36. The third-order valence-corrected chi connectivity index (χ3v) is 3.36. The molecule has 1 saturated carbocycles. The first-order valence-electron chi connectivity index (χ1n) is 5.93. The quantitative estimate of drug-likeness (QED) is 0.464. The second kappa shape index (κ2) is 3.11. The smallest absolute Gasteiger partial charge is 0.214 e. The van der Waals surface area contributed by atoms with E-state index in [1.54, 1.807) is 0 Å². The summed E-state index contributed by atoms with van der Waals surface area (Å²) in [5.74, 6) is 6.42. The van der Waals surface area contributed by atoms with Gasteiger partial charge in [-0.25, -0.2) is 0 Å². The predicted molar refractivity (Wildman–Crippen MR) is 62.9 cm³/mol. The Kier molecular flexibility index (Phi) is 2.27. The highest BCUT2D eigenvalue weighted by molar-refractivity contribution is 5.95. The number of carbonyl (C=O) groups is 1. The molecular formula is C14H20O2. The zero-order chi connectivity index (χ0) is 12.2. The Morgan fingerprint density at radius 1 is 1.38 bits per heavy atom. The van der Waals surface area contributed by atoms with Crippen molar-refractivity contribution in [2.75, 3.05) is 0 Å². The summed E-state index contributed by atoms with van der Waals surface area (Å²) in [6.45, 7) is 10.5. The van der Waals surface area contributed by atoms with Gasteiger partial charge in [-0.05, 0) is 32.6 Å². The summed E-state index contributed by atoms with van der Waals surface area (Å²) in [6.07, 6.45) is 1.52. The van der Waals surface area contributed by atoms with Gasteiger partial charge in [-0.3, -0.25) is 4.79 Å². The van der Waals surface area contributed by atoms with E-state index in [2.05, 4.69) is 25.7 Å². The number of hydrogen-bond donors (Lipinski definition) is 0. The SMILES string of the molecule is CC(C)(C)C#CC12OC1C(C)(C)CCC2=O. The summed E-state index contributed by atoms with van der Waals surface area (Å²) < 4.78 is 5.67. The molecule has 2 nitrogen and oxygen atoms in total. The minimum absolute atomic E-state index is 0.0103. The van der Waals surface area contributed by atoms with Crippen molar-refractivity contribution in [1.82, 2.24) is 0 Å². The Balaban J connectivity index is 2.27. The number of rotatable bonds is 0. The van der Waals surface area contributed by atoms with Crippen LogP contribution in [0.25, 0.3) is 0 Å². The molecule has 1 heterocycles. The fourth-order valence-corrected chi connectivity index (χ4v) is 2.27. The van der Waals surface area contributed by atoms with E-state index in [0.717, 1.165) is 6.42 Å². The van der Waals surface area contributed by atoms with Crippen LogP contribution < -0.4 is 0 Å². The Morgan fingerprint density at radius 3 is 2.56 bits per heavy atom. The van der Waals surface area contributed by atoms with Crippen LogP contribution in [-0.2, 0) is 9.53 Å². The van der Waals surface area contributed by atoms with Gasteiger partial charge in [0.1, 0.15) is 6.10 Å². The minimum Gasteiger partial charge on any atom is -0.344 e. The molecule has 2 atom stereocenters. The van der Waals surface area contributed by atoms with E-state index in [4.69, 9.17) is 4.74 Å². The Morgan fingerprint density at radius 2 is 2.00 bits per heavy atom. The molecule has 0 bridgehead atoms. The zero-order valence-electron chi connectivity index (χ0n) is 10.8. The summed E-state index contributed by atoms with van der Waals surface area (Å²) >= 11 is 0. The maximum Gasteiger partial charge on any atom is 0.214 e. The van der Waals surface area contributed by atoms with Crippen molar-refractivity contribution in [3.63, 3.8) is 0 Å². The van der Waals surface area contributed by atoms with Gasteiger partial charge in [-0.2, -0.15) is 0 Å². The van der Waals surface area contributed by atoms with Crippen LogP contribution in [0, 0.1) is 22.7 Å². The number of ether oxygens (including phenoxy) is 1. The predicted octanol–water partition coefficient (Wildman–Crippen LogP) is 2.56. The highest BCUT2D eigenvalue weighted by atomic mass is 16.6. The van der Waals surface area contributed by atoms with Crippen molar-refractivity contribution >= 4 is 5.78 Å². The lowest BCUT2D eigenvalue weighted by atomic mass is 9.71. The van der Waals surface area contributed by atoms with Crippen molar-refractivity contribution in [2.24, 2.45) is 10.8 Å². The van der Waals surface area contributed by atoms with Crippen LogP contribution in [0.2, 0.25) is 0 Å². The molecule has 0 aromatic heterocycles. The molecule has 16 heavy (non-hydrogen) atoms. The van der Waals surface area contributed by atoms with Gasteiger partial charge in [-0.15, -0.1) is 0 Å². The standard InChI is InChI=1S/C14H20O2/c1-12(2,3)8-9-14-10(15)6-7-13(4,5)11(14)16-14/h11H,6-7H2,1-5H3. The Hall–Kier alpha value is -0.810. The molecule has 1 aliphatic heterocycles. The van der Waals surface area contributed by atoms with E-state index in [9.17, 15) is 4.79 Å². The summed E-state index contributed by atoms with van der Waals surface area (Å²) in [6, 6.07) is 0. The maximum absolute atomic E-state index is 11.9. The number of fused-ring (bicyclic) bond motifs is 1. The van der Waals surface area contributed by atoms with Crippen molar-refractivity contribution in [3.8, 4) is 11.8 Å². The molecule has 2 fully saturated rings. The molecule has 2 aliphatic rings. The van der Waals surface area contributed by atoms with Gasteiger partial charge < -0.3 is 4.74 Å². The second-order valence-corrected chi connectivity index (χ2v) is 6.65. The summed E-state index contributed by atoms with van der Waals surface area (Å²) in [4.78, 5) is 11.9. The van der Waals surface area contributed by atoms with Gasteiger partial charge in [0.05, 0.1) is 0 Å². The van der Waals surface area contributed by atoms with Crippen LogP contribution in [-0.4, -0.2) is 17.5 Å². The van der Waals surface area contributed by atoms with E-state index in [0.29, 0.717) is 6.42 Å². The number of epoxide rings is 1. The van der Waals surface area contributed by atoms with Gasteiger partial charge in [0.15, 0.2) is 5.78 Å². The molecule has 1 aliphatic carbocycles. The van der Waals surface area contributed by atoms with Gasteiger partial charge in [0, 0.05) is 11.8 Å². The van der Waals surface area contributed by atoms with Gasteiger partial charge in [0.25, 0.3) is 0 Å². The minimum atomic E-state index is -0.755. The maximum atomic E-state index is 11.9. The zero-order valence-corrected chi connectivity index (χ0v) is 10.8. The van der Waals surface area contributed by atoms with Crippen LogP contribution in [0.3, 0.4) is 0 Å². The van der Waals surface area contributed by atoms with Crippen molar-refractivity contribution in [1.29, 1.82) is 0 Å². The van der Waals surface area contributed by atoms with Crippen molar-refractivity contribution in [2.45, 2.75) is 59.2 Å². The number of carbonyl (C=O) groups excluding carboxylic acids is 1. The first-order valence-corrected chi connectivity index (χ1v) is 5.93. The fourth-order valence-electron chi connectivity index (χ4n) is 2.27. The van der Waals surface area contributed by atoms with Crippen molar-refractivity contribution in [3.05, 3.63) is 0 Å². The molecule has 2 rings (SSSR count). The Labute approximate surface area is 97.7 Å². The van der Waals surface area contributed by atoms with Crippen LogP contribution in [0.1, 0.15) is 47.5 Å². The van der Waals surface area contributed by atoms with E-state index in [1.165, 1.54) is 0 Å². The summed E-state index contributed by atoms with van der Waals surface area (Å²) in [7, 11) is 0. The number of hydrogen-bond acceptors (Lipinski definition) is 2. The molecule has 88 valence electrons. The first kappa shape index (κ1) is 11.7. The van der Waals surface area contributed by atoms with Gasteiger partial charge in [0.2, 0.25) is 5.60 Å². The highest BCUT2D eigenvalue weighted by Crippen LogP contribution is 2.54. The van der Waals surface area contributed by atoms with Gasteiger partial charge >= 0.3 is 0 Å². The van der Waals surface area contributed by atoms with E-state index >= 15 is 0 Å². The Bertz CT molecular complexity index is 389. The third kappa shape index (κ3) is 1.78. The van der Waals surface area contributed by atoms with Crippen LogP contribution in [0.15, 0.2) is 0 Å². The molecule has 2 heteroatoms. The summed E-state index contributed by atoms with van der Waals surface area (Å²) in [5.41, 5.74) is -0.747. The molecule has 2 unspecified atom stereocenters. The fraction of sp³-hybridized carbons (Fsp3) is 0.786. The average molecular weight is 220 g/mol. The lowest BCUT2D eigenvalue weighted by molar-refractivity contribution is -0.123. The molecule has 0 amide bonds. The first-order chi connectivity index (χ1) is 7.17. The van der Waals surface area contributed by atoms with E-state index in [1.807, 2.05) is 20.8 Å². The monoisotopic (exact) mass is 220 g/mol. The lowest BCUT2D eigenvalue weighted by Crippen LogP contribution is -2.38. The van der Waals surface area contributed by atoms with Crippen molar-refractivity contribution < 1.29 is 9.53 Å². The van der Waals surface area contributed by atoms with Crippen LogP contribution in [0.4, 0.5) is 0 Å². The number of ketones is 1. The van der Waals surface area contributed by atoms with Gasteiger partial charge in [-0.1, -0.05) is 25.7 Å². The average Bonchev–Trinajstić information content (AvgIpc) is 2.86. The van der Waals surface area contributed by atoms with E-state index in [-0.39, 0.29) is 22.7 Å². The molecular weight excluding hydrogens is 200 g/mol. The van der Waals surface area contributed by atoms with Crippen LogP contribution in [0.5, 0.6) is 0 Å². The lowest BCUT2D eigenvalue weighted by Gasteiger charge is -2.27. The second-order valence-electron chi connectivity index (χ2n) is 6.65. The topological polar surface area (TPSA) is 29.6 Å². The highest BCUT2D eigenvalue weighted by Gasteiger charge is 2.69.